The first-order valence-electron chi connectivity index (χ1n) is 6.12. The smallest absolute Gasteiger partial charge is 0.407 e. The molecule has 0 aliphatic carbocycles. The average molecular weight is 281 g/mol. The molecule has 0 bridgehead atoms. The SMILES string of the molecule is COC(=O)N[C@@H](CC(=O)C(C)S)Cc1ccccc1. The summed E-state index contributed by atoms with van der Waals surface area (Å²) in [6.07, 6.45) is 0.303. The van der Waals surface area contributed by atoms with Crippen molar-refractivity contribution < 1.29 is 14.3 Å². The number of nitrogens with one attached hydrogen (secondary N) is 1. The summed E-state index contributed by atoms with van der Waals surface area (Å²) in [5, 5.41) is 2.35. The molecule has 1 rings (SSSR count). The van der Waals surface area contributed by atoms with Crippen LogP contribution in [0, 0.1) is 0 Å². The van der Waals surface area contributed by atoms with Crippen LogP contribution in [0.25, 0.3) is 0 Å². The van der Waals surface area contributed by atoms with Gasteiger partial charge in [0, 0.05) is 12.5 Å². The summed E-state index contributed by atoms with van der Waals surface area (Å²) in [6.45, 7) is 1.73. The first-order valence-corrected chi connectivity index (χ1v) is 6.63. The Bertz CT molecular complexity index is 420. The Labute approximate surface area is 118 Å². The summed E-state index contributed by atoms with van der Waals surface area (Å²) in [5.74, 6) is 0.000618. The molecular formula is C14H19NO3S. The first-order chi connectivity index (χ1) is 9.02. The Morgan fingerprint density at radius 2 is 1.95 bits per heavy atom. The van der Waals surface area contributed by atoms with Crippen LogP contribution < -0.4 is 5.32 Å². The number of hydrogen-bond acceptors (Lipinski definition) is 4. The number of ketones is 1. The molecule has 1 N–H and O–H groups in total. The predicted octanol–water partition coefficient (Wildman–Crippen LogP) is 2.23. The molecule has 0 radical (unpaired) electrons. The predicted molar refractivity (Wildman–Crippen MR) is 77.5 cm³/mol. The fourth-order valence-corrected chi connectivity index (χ4v) is 1.82. The highest BCUT2D eigenvalue weighted by Crippen LogP contribution is 2.09. The molecule has 0 aromatic heterocycles. The Balaban J connectivity index is 2.69. The lowest BCUT2D eigenvalue weighted by Gasteiger charge is -2.18. The minimum absolute atomic E-state index is 0.000618. The molecule has 4 nitrogen and oxygen atoms in total. The Hall–Kier alpha value is -1.49. The van der Waals surface area contributed by atoms with Gasteiger partial charge in [0.1, 0.15) is 5.78 Å². The zero-order valence-electron chi connectivity index (χ0n) is 11.1. The van der Waals surface area contributed by atoms with E-state index in [1.165, 1.54) is 7.11 Å². The molecular weight excluding hydrogens is 262 g/mol. The number of rotatable bonds is 6. The van der Waals surface area contributed by atoms with Crippen LogP contribution in [0.2, 0.25) is 0 Å². The summed E-state index contributed by atoms with van der Waals surface area (Å²) >= 11 is 4.11. The van der Waals surface area contributed by atoms with E-state index < -0.39 is 6.09 Å². The fourth-order valence-electron chi connectivity index (χ4n) is 1.71. The molecule has 2 atom stereocenters. The summed E-state index contributed by atoms with van der Waals surface area (Å²) in [6, 6.07) is 9.41. The van der Waals surface area contributed by atoms with E-state index in [1.807, 2.05) is 30.3 Å². The maximum Gasteiger partial charge on any atom is 0.407 e. The van der Waals surface area contributed by atoms with Gasteiger partial charge in [-0.1, -0.05) is 30.3 Å². The molecule has 0 aliphatic heterocycles. The number of alkyl carbamates (subject to hydrolysis) is 1. The number of amides is 1. The van der Waals surface area contributed by atoms with Crippen molar-refractivity contribution in [3.8, 4) is 0 Å². The quantitative estimate of drug-likeness (QED) is 0.786. The summed E-state index contributed by atoms with van der Waals surface area (Å²) < 4.78 is 4.58. The number of carbonyl (C=O) groups excluding carboxylic acids is 2. The second kappa shape index (κ2) is 7.84. The molecule has 0 fully saturated rings. The van der Waals surface area contributed by atoms with E-state index in [0.717, 1.165) is 5.56 Å². The number of carbonyl (C=O) groups is 2. The van der Waals surface area contributed by atoms with Crippen molar-refractivity contribution in [2.45, 2.75) is 31.1 Å². The topological polar surface area (TPSA) is 55.4 Å². The lowest BCUT2D eigenvalue weighted by molar-refractivity contribution is -0.118. The van der Waals surface area contributed by atoms with Crippen molar-refractivity contribution in [3.05, 3.63) is 35.9 Å². The molecule has 1 aromatic rings. The molecule has 5 heteroatoms. The second-order valence-electron chi connectivity index (χ2n) is 4.37. The van der Waals surface area contributed by atoms with Crippen molar-refractivity contribution in [1.29, 1.82) is 0 Å². The third kappa shape index (κ3) is 5.79. The van der Waals surface area contributed by atoms with E-state index in [0.29, 0.717) is 6.42 Å². The molecule has 1 amide bonds. The zero-order valence-corrected chi connectivity index (χ0v) is 12.0. The van der Waals surface area contributed by atoms with Gasteiger partial charge in [-0.25, -0.2) is 4.79 Å². The normalized spacial score (nSPS) is 13.4. The van der Waals surface area contributed by atoms with Gasteiger partial charge >= 0.3 is 6.09 Å². The second-order valence-corrected chi connectivity index (χ2v) is 5.14. The summed E-state index contributed by atoms with van der Waals surface area (Å²) in [7, 11) is 1.30. The van der Waals surface area contributed by atoms with Crippen LogP contribution in [-0.2, 0) is 16.0 Å². The van der Waals surface area contributed by atoms with Crippen LogP contribution in [0.1, 0.15) is 18.9 Å². The fraction of sp³-hybridized carbons (Fsp3) is 0.429. The van der Waals surface area contributed by atoms with Crippen LogP contribution >= 0.6 is 12.6 Å². The lowest BCUT2D eigenvalue weighted by atomic mass is 10.0. The van der Waals surface area contributed by atoms with Crippen molar-refractivity contribution in [2.24, 2.45) is 0 Å². The van der Waals surface area contributed by atoms with E-state index in [4.69, 9.17) is 0 Å². The Kier molecular flexibility index (Phi) is 6.42. The first kappa shape index (κ1) is 15.6. The van der Waals surface area contributed by atoms with E-state index in [-0.39, 0.29) is 23.5 Å². The van der Waals surface area contributed by atoms with Crippen molar-refractivity contribution in [2.75, 3.05) is 7.11 Å². The van der Waals surface area contributed by atoms with Gasteiger partial charge in [0.25, 0.3) is 0 Å². The lowest BCUT2D eigenvalue weighted by Crippen LogP contribution is -2.39. The molecule has 0 saturated heterocycles. The van der Waals surface area contributed by atoms with Gasteiger partial charge in [-0.3, -0.25) is 4.79 Å². The van der Waals surface area contributed by atoms with Crippen molar-refractivity contribution in [3.63, 3.8) is 0 Å². The molecule has 19 heavy (non-hydrogen) atoms. The Morgan fingerprint density at radius 3 is 2.47 bits per heavy atom. The number of benzene rings is 1. The van der Waals surface area contributed by atoms with Crippen LogP contribution in [0.15, 0.2) is 30.3 Å². The third-order valence-electron chi connectivity index (χ3n) is 2.75. The number of Topliss-reactive ketones (excluding diaryl/α,β-unsaturated/α-hetero) is 1. The highest BCUT2D eigenvalue weighted by atomic mass is 32.1. The minimum atomic E-state index is -0.527. The van der Waals surface area contributed by atoms with Gasteiger partial charge in [0.2, 0.25) is 0 Å². The largest absolute Gasteiger partial charge is 0.453 e. The van der Waals surface area contributed by atoms with Gasteiger partial charge in [0.15, 0.2) is 0 Å². The molecule has 1 unspecified atom stereocenters. The molecule has 0 aliphatic rings. The van der Waals surface area contributed by atoms with Crippen LogP contribution in [0.3, 0.4) is 0 Å². The van der Waals surface area contributed by atoms with E-state index in [1.54, 1.807) is 6.92 Å². The van der Waals surface area contributed by atoms with Gasteiger partial charge in [0.05, 0.1) is 12.4 Å². The van der Waals surface area contributed by atoms with Crippen LogP contribution in [0.4, 0.5) is 4.79 Å². The van der Waals surface area contributed by atoms with Gasteiger partial charge in [-0.2, -0.15) is 12.6 Å². The molecule has 0 heterocycles. The van der Waals surface area contributed by atoms with E-state index in [2.05, 4.69) is 22.7 Å². The van der Waals surface area contributed by atoms with Crippen molar-refractivity contribution in [1.82, 2.24) is 5.32 Å². The van der Waals surface area contributed by atoms with Crippen LogP contribution in [-0.4, -0.2) is 30.3 Å². The average Bonchev–Trinajstić information content (AvgIpc) is 2.39. The Morgan fingerprint density at radius 1 is 1.32 bits per heavy atom. The highest BCUT2D eigenvalue weighted by Gasteiger charge is 2.19. The number of ether oxygens (including phenoxy) is 1. The number of hydrogen-bond donors (Lipinski definition) is 2. The maximum atomic E-state index is 11.7. The van der Waals surface area contributed by atoms with E-state index >= 15 is 0 Å². The molecule has 0 spiro atoms. The minimum Gasteiger partial charge on any atom is -0.453 e. The number of methoxy groups -OCH3 is 1. The van der Waals surface area contributed by atoms with Gasteiger partial charge in [-0.15, -0.1) is 0 Å². The van der Waals surface area contributed by atoms with Crippen molar-refractivity contribution >= 4 is 24.5 Å². The van der Waals surface area contributed by atoms with Gasteiger partial charge < -0.3 is 10.1 Å². The molecule has 0 saturated carbocycles. The molecule has 104 valence electrons. The standard InChI is InChI=1S/C14H19NO3S/c1-10(19)13(16)9-12(15-14(17)18-2)8-11-6-4-3-5-7-11/h3-7,10,12,19H,8-9H2,1-2H3,(H,15,17)/t10?,12-/m1/s1. The summed E-state index contributed by atoms with van der Waals surface area (Å²) in [4.78, 5) is 23.0. The van der Waals surface area contributed by atoms with Crippen LogP contribution in [0.5, 0.6) is 0 Å². The van der Waals surface area contributed by atoms with E-state index in [9.17, 15) is 9.59 Å². The monoisotopic (exact) mass is 281 g/mol. The molecule has 1 aromatic carbocycles. The number of thiol groups is 1. The highest BCUT2D eigenvalue weighted by molar-refractivity contribution is 7.81. The van der Waals surface area contributed by atoms with Gasteiger partial charge in [-0.05, 0) is 18.9 Å². The third-order valence-corrected chi connectivity index (χ3v) is 3.03. The maximum absolute atomic E-state index is 11.7. The summed E-state index contributed by atoms with van der Waals surface area (Å²) in [5.41, 5.74) is 1.06. The zero-order chi connectivity index (χ0) is 14.3.